The molecule has 1 amide bonds. The Bertz CT molecular complexity index is 1080. The van der Waals surface area contributed by atoms with E-state index in [1.54, 1.807) is 67.6 Å². The van der Waals surface area contributed by atoms with Crippen LogP contribution in [-0.2, 0) is 9.53 Å². The van der Waals surface area contributed by atoms with Crippen LogP contribution in [0.5, 0.6) is 0 Å². The van der Waals surface area contributed by atoms with Crippen molar-refractivity contribution < 1.29 is 23.5 Å². The molecule has 0 heterocycles. The van der Waals surface area contributed by atoms with E-state index in [-0.39, 0.29) is 22.7 Å². The Morgan fingerprint density at radius 1 is 0.806 bits per heavy atom. The molecule has 0 aromatic heterocycles. The molecule has 3 rings (SSSR count). The van der Waals surface area contributed by atoms with Gasteiger partial charge in [-0.25, -0.2) is 9.18 Å². The Hall–Kier alpha value is -3.80. The second-order valence-corrected chi connectivity index (χ2v) is 7.07. The smallest absolute Gasteiger partial charge is 0.339 e. The highest BCUT2D eigenvalue weighted by molar-refractivity contribution is 6.14. The normalized spacial score (nSPS) is 12.5. The van der Waals surface area contributed by atoms with Gasteiger partial charge in [0.25, 0.3) is 5.91 Å². The van der Waals surface area contributed by atoms with E-state index in [2.05, 4.69) is 5.32 Å². The lowest BCUT2D eigenvalue weighted by atomic mass is 9.98. The molecule has 31 heavy (non-hydrogen) atoms. The molecule has 0 aliphatic carbocycles. The van der Waals surface area contributed by atoms with Crippen molar-refractivity contribution in [1.29, 1.82) is 0 Å². The molecule has 6 heteroatoms. The highest BCUT2D eigenvalue weighted by Gasteiger charge is 2.24. The predicted molar refractivity (Wildman–Crippen MR) is 114 cm³/mol. The number of rotatable bonds is 7. The summed E-state index contributed by atoms with van der Waals surface area (Å²) in [7, 11) is 0. The second kappa shape index (κ2) is 9.80. The number of benzene rings is 3. The van der Waals surface area contributed by atoms with Gasteiger partial charge in [-0.05, 0) is 37.6 Å². The van der Waals surface area contributed by atoms with Crippen LogP contribution in [0.4, 0.5) is 4.39 Å². The number of esters is 1. The minimum absolute atomic E-state index is 0.0857. The highest BCUT2D eigenvalue weighted by atomic mass is 19.1. The summed E-state index contributed by atoms with van der Waals surface area (Å²) in [4.78, 5) is 38.0. The van der Waals surface area contributed by atoms with Crippen LogP contribution in [0.3, 0.4) is 0 Å². The number of ether oxygens (including phenoxy) is 1. The molecule has 2 atom stereocenters. The Morgan fingerprint density at radius 2 is 1.39 bits per heavy atom. The SMILES string of the molecule is CC(OC(=O)c1ccccc1C(=O)c1ccccc1)C(=O)NC(C)c1ccc(F)cc1. The molecule has 3 aromatic rings. The molecular formula is C25H22FNO4. The van der Waals surface area contributed by atoms with Gasteiger partial charge >= 0.3 is 5.97 Å². The molecular weight excluding hydrogens is 397 g/mol. The third-order valence-electron chi connectivity index (χ3n) is 4.81. The van der Waals surface area contributed by atoms with Crippen molar-refractivity contribution in [2.45, 2.75) is 26.0 Å². The maximum absolute atomic E-state index is 13.1. The van der Waals surface area contributed by atoms with Gasteiger partial charge in [-0.3, -0.25) is 9.59 Å². The Labute approximate surface area is 179 Å². The molecule has 0 bridgehead atoms. The first-order valence-corrected chi connectivity index (χ1v) is 9.82. The monoisotopic (exact) mass is 419 g/mol. The number of ketones is 1. The molecule has 0 fully saturated rings. The van der Waals surface area contributed by atoms with E-state index in [0.29, 0.717) is 11.1 Å². The molecule has 0 radical (unpaired) electrons. The molecule has 158 valence electrons. The van der Waals surface area contributed by atoms with Crippen molar-refractivity contribution in [2.24, 2.45) is 0 Å². The predicted octanol–water partition coefficient (Wildman–Crippen LogP) is 4.48. The number of halogens is 1. The van der Waals surface area contributed by atoms with E-state index in [1.165, 1.54) is 25.1 Å². The lowest BCUT2D eigenvalue weighted by Gasteiger charge is -2.19. The lowest BCUT2D eigenvalue weighted by Crippen LogP contribution is -2.37. The average molecular weight is 419 g/mol. The third-order valence-corrected chi connectivity index (χ3v) is 4.81. The molecule has 0 aliphatic heterocycles. The standard InChI is InChI=1S/C25H22FNO4/c1-16(18-12-14-20(26)15-13-18)27-24(29)17(2)31-25(30)22-11-7-6-10-21(22)23(28)19-8-4-3-5-9-19/h3-17H,1-2H3,(H,27,29). The number of carbonyl (C=O) groups is 3. The molecule has 3 aromatic carbocycles. The number of hydrogen-bond donors (Lipinski definition) is 1. The number of hydrogen-bond acceptors (Lipinski definition) is 4. The zero-order chi connectivity index (χ0) is 22.4. The summed E-state index contributed by atoms with van der Waals surface area (Å²) in [6.45, 7) is 3.19. The van der Waals surface area contributed by atoms with E-state index >= 15 is 0 Å². The number of amides is 1. The highest BCUT2D eigenvalue weighted by Crippen LogP contribution is 2.17. The van der Waals surface area contributed by atoms with Gasteiger partial charge in [0.15, 0.2) is 11.9 Å². The largest absolute Gasteiger partial charge is 0.449 e. The Morgan fingerprint density at radius 3 is 2.03 bits per heavy atom. The van der Waals surface area contributed by atoms with E-state index in [9.17, 15) is 18.8 Å². The first kappa shape index (κ1) is 21.9. The van der Waals surface area contributed by atoms with Crippen LogP contribution in [0.2, 0.25) is 0 Å². The summed E-state index contributed by atoms with van der Waals surface area (Å²) >= 11 is 0. The molecule has 2 unspecified atom stereocenters. The molecule has 0 aliphatic rings. The van der Waals surface area contributed by atoms with Gasteiger partial charge in [-0.2, -0.15) is 0 Å². The van der Waals surface area contributed by atoms with Crippen LogP contribution in [0.25, 0.3) is 0 Å². The van der Waals surface area contributed by atoms with Gasteiger partial charge in [0, 0.05) is 11.1 Å². The molecule has 0 spiro atoms. The maximum Gasteiger partial charge on any atom is 0.339 e. The first-order valence-electron chi connectivity index (χ1n) is 9.82. The lowest BCUT2D eigenvalue weighted by molar-refractivity contribution is -0.129. The van der Waals surface area contributed by atoms with E-state index in [0.717, 1.165) is 0 Å². The summed E-state index contributed by atoms with van der Waals surface area (Å²) < 4.78 is 18.4. The fourth-order valence-corrected chi connectivity index (χ4v) is 3.05. The summed E-state index contributed by atoms with van der Waals surface area (Å²) in [6.07, 6.45) is -1.09. The van der Waals surface area contributed by atoms with Gasteiger partial charge in [0.05, 0.1) is 11.6 Å². The minimum Gasteiger partial charge on any atom is -0.449 e. The maximum atomic E-state index is 13.1. The zero-order valence-electron chi connectivity index (χ0n) is 17.2. The van der Waals surface area contributed by atoms with Crippen LogP contribution in [-0.4, -0.2) is 23.8 Å². The van der Waals surface area contributed by atoms with Crippen LogP contribution in [0.1, 0.15) is 51.7 Å². The topological polar surface area (TPSA) is 72.5 Å². The molecule has 0 saturated heterocycles. The Kier molecular flexibility index (Phi) is 6.92. The summed E-state index contributed by atoms with van der Waals surface area (Å²) in [5.41, 5.74) is 1.45. The van der Waals surface area contributed by atoms with E-state index in [1.807, 2.05) is 0 Å². The minimum atomic E-state index is -1.09. The van der Waals surface area contributed by atoms with Crippen molar-refractivity contribution >= 4 is 17.7 Å². The van der Waals surface area contributed by atoms with Gasteiger partial charge in [0.2, 0.25) is 0 Å². The molecule has 5 nitrogen and oxygen atoms in total. The fourth-order valence-electron chi connectivity index (χ4n) is 3.05. The summed E-state index contributed by atoms with van der Waals surface area (Å²) in [5, 5.41) is 2.73. The van der Waals surface area contributed by atoms with Crippen molar-refractivity contribution in [3.63, 3.8) is 0 Å². The van der Waals surface area contributed by atoms with Gasteiger partial charge in [0.1, 0.15) is 5.82 Å². The third kappa shape index (κ3) is 5.42. The summed E-state index contributed by atoms with van der Waals surface area (Å²) in [6, 6.07) is 20.3. The van der Waals surface area contributed by atoms with Crippen LogP contribution >= 0.6 is 0 Å². The van der Waals surface area contributed by atoms with Gasteiger partial charge < -0.3 is 10.1 Å². The van der Waals surface area contributed by atoms with Crippen LogP contribution in [0, 0.1) is 5.82 Å². The van der Waals surface area contributed by atoms with Crippen LogP contribution in [0.15, 0.2) is 78.9 Å². The van der Waals surface area contributed by atoms with Gasteiger partial charge in [-0.1, -0.05) is 60.7 Å². The van der Waals surface area contributed by atoms with Crippen molar-refractivity contribution in [1.82, 2.24) is 5.32 Å². The van der Waals surface area contributed by atoms with E-state index in [4.69, 9.17) is 4.74 Å². The zero-order valence-corrected chi connectivity index (χ0v) is 17.2. The van der Waals surface area contributed by atoms with Crippen molar-refractivity contribution in [3.8, 4) is 0 Å². The second-order valence-electron chi connectivity index (χ2n) is 7.07. The number of nitrogens with one attached hydrogen (secondary N) is 1. The van der Waals surface area contributed by atoms with E-state index < -0.39 is 24.0 Å². The first-order chi connectivity index (χ1) is 14.9. The fraction of sp³-hybridized carbons (Fsp3) is 0.160. The van der Waals surface area contributed by atoms with Crippen molar-refractivity contribution in [2.75, 3.05) is 0 Å². The van der Waals surface area contributed by atoms with Crippen LogP contribution < -0.4 is 5.32 Å². The summed E-state index contributed by atoms with van der Waals surface area (Å²) in [5.74, 6) is -1.95. The van der Waals surface area contributed by atoms with Gasteiger partial charge in [-0.15, -0.1) is 0 Å². The molecule has 1 N–H and O–H groups in total. The van der Waals surface area contributed by atoms with Crippen molar-refractivity contribution in [3.05, 3.63) is 107 Å². The quantitative estimate of drug-likeness (QED) is 0.453. The average Bonchev–Trinajstić information content (AvgIpc) is 2.79. The number of carbonyl (C=O) groups excluding carboxylic acids is 3. The Balaban J connectivity index is 1.69. The molecule has 0 saturated carbocycles.